The molecule has 0 amide bonds. The van der Waals surface area contributed by atoms with E-state index >= 15 is 0 Å². The Balaban J connectivity index is 2.04. The third kappa shape index (κ3) is 3.73. The van der Waals surface area contributed by atoms with Crippen molar-refractivity contribution in [2.45, 2.75) is 31.8 Å². The Bertz CT molecular complexity index is 416. The molecular formula is C16H26ClN3. The van der Waals surface area contributed by atoms with Crippen molar-refractivity contribution >= 4 is 11.6 Å². The van der Waals surface area contributed by atoms with Crippen molar-refractivity contribution in [2.75, 3.05) is 33.2 Å². The van der Waals surface area contributed by atoms with Gasteiger partial charge in [-0.15, -0.1) is 0 Å². The van der Waals surface area contributed by atoms with E-state index in [4.69, 9.17) is 17.3 Å². The first-order chi connectivity index (χ1) is 9.65. The van der Waals surface area contributed by atoms with E-state index in [9.17, 15) is 0 Å². The normalized spacial score (nSPS) is 19.4. The van der Waals surface area contributed by atoms with Crippen molar-refractivity contribution in [3.8, 4) is 0 Å². The lowest BCUT2D eigenvalue weighted by Gasteiger charge is -2.40. The first-order valence-corrected chi connectivity index (χ1v) is 7.93. The minimum atomic E-state index is 0.256. The molecule has 3 nitrogen and oxygen atoms in total. The summed E-state index contributed by atoms with van der Waals surface area (Å²) in [6.45, 7) is 6.41. The second kappa shape index (κ2) is 7.41. The van der Waals surface area contributed by atoms with Crippen LogP contribution in [0.2, 0.25) is 5.02 Å². The lowest BCUT2D eigenvalue weighted by molar-refractivity contribution is 0.101. The number of hydrogen-bond donors (Lipinski definition) is 1. The number of piperidine rings is 1. The number of benzene rings is 1. The topological polar surface area (TPSA) is 32.5 Å². The molecule has 2 rings (SSSR count). The zero-order valence-electron chi connectivity index (χ0n) is 12.6. The maximum atomic E-state index is 6.11. The van der Waals surface area contributed by atoms with Crippen molar-refractivity contribution < 1.29 is 0 Å². The van der Waals surface area contributed by atoms with E-state index in [1.165, 1.54) is 31.5 Å². The molecule has 1 fully saturated rings. The fourth-order valence-corrected chi connectivity index (χ4v) is 3.35. The van der Waals surface area contributed by atoms with Crippen LogP contribution in [0, 0.1) is 0 Å². The zero-order chi connectivity index (χ0) is 14.5. The average molecular weight is 296 g/mol. The second-order valence-corrected chi connectivity index (χ2v) is 6.07. The summed E-state index contributed by atoms with van der Waals surface area (Å²) in [4.78, 5) is 4.96. The molecule has 112 valence electrons. The lowest BCUT2D eigenvalue weighted by atomic mass is 9.98. The van der Waals surface area contributed by atoms with Gasteiger partial charge in [0.2, 0.25) is 0 Å². The average Bonchev–Trinajstić information content (AvgIpc) is 2.48. The number of likely N-dealkylation sites (tertiary alicyclic amines) is 1. The van der Waals surface area contributed by atoms with Gasteiger partial charge < -0.3 is 10.6 Å². The molecule has 1 unspecified atom stereocenters. The zero-order valence-corrected chi connectivity index (χ0v) is 13.3. The van der Waals surface area contributed by atoms with Gasteiger partial charge in [-0.05, 0) is 57.2 Å². The van der Waals surface area contributed by atoms with Crippen molar-refractivity contribution in [1.82, 2.24) is 9.80 Å². The molecule has 1 atom stereocenters. The standard InChI is InChI=1S/C16H26ClN3/c1-3-20-9-7-15(8-10-20)19(2)16(12-18)13-5-4-6-14(17)11-13/h4-6,11,15-16H,3,7-10,12,18H2,1-2H3. The van der Waals surface area contributed by atoms with E-state index in [2.05, 4.69) is 29.8 Å². The fourth-order valence-electron chi connectivity index (χ4n) is 3.15. The van der Waals surface area contributed by atoms with Crippen LogP contribution in [0.3, 0.4) is 0 Å². The number of halogens is 1. The molecule has 2 N–H and O–H groups in total. The SMILES string of the molecule is CCN1CCC(N(C)C(CN)c2cccc(Cl)c2)CC1. The molecule has 0 radical (unpaired) electrons. The van der Waals surface area contributed by atoms with Gasteiger partial charge >= 0.3 is 0 Å². The lowest BCUT2D eigenvalue weighted by Crippen LogP contribution is -2.45. The van der Waals surface area contributed by atoms with Crippen molar-refractivity contribution in [3.63, 3.8) is 0 Å². The molecule has 1 aliphatic rings. The summed E-state index contributed by atoms with van der Waals surface area (Å²) in [6, 6.07) is 8.96. The highest BCUT2D eigenvalue weighted by molar-refractivity contribution is 6.30. The molecule has 1 heterocycles. The Kier molecular flexibility index (Phi) is 5.85. The van der Waals surface area contributed by atoms with Crippen molar-refractivity contribution in [1.29, 1.82) is 0 Å². The van der Waals surface area contributed by atoms with Gasteiger partial charge in [0.05, 0.1) is 0 Å². The third-order valence-corrected chi connectivity index (χ3v) is 4.76. The highest BCUT2D eigenvalue weighted by atomic mass is 35.5. The maximum Gasteiger partial charge on any atom is 0.0470 e. The Morgan fingerprint density at radius 2 is 2.10 bits per heavy atom. The fraction of sp³-hybridized carbons (Fsp3) is 0.625. The van der Waals surface area contributed by atoms with E-state index in [-0.39, 0.29) is 6.04 Å². The largest absolute Gasteiger partial charge is 0.329 e. The molecule has 1 aromatic carbocycles. The van der Waals surface area contributed by atoms with Gasteiger partial charge in [0.15, 0.2) is 0 Å². The van der Waals surface area contributed by atoms with Crippen LogP contribution in [0.4, 0.5) is 0 Å². The van der Waals surface area contributed by atoms with Crippen LogP contribution in [0.5, 0.6) is 0 Å². The quantitative estimate of drug-likeness (QED) is 0.906. The summed E-state index contributed by atoms with van der Waals surface area (Å²) in [5, 5.41) is 0.787. The molecule has 1 aliphatic heterocycles. The van der Waals surface area contributed by atoms with Crippen LogP contribution in [0.1, 0.15) is 31.4 Å². The smallest absolute Gasteiger partial charge is 0.0470 e. The van der Waals surface area contributed by atoms with Gasteiger partial charge in [-0.25, -0.2) is 0 Å². The summed E-state index contributed by atoms with van der Waals surface area (Å²) in [5.41, 5.74) is 7.24. The van der Waals surface area contributed by atoms with Crippen molar-refractivity contribution in [2.24, 2.45) is 5.73 Å². The van der Waals surface area contributed by atoms with Crippen LogP contribution in [-0.2, 0) is 0 Å². The highest BCUT2D eigenvalue weighted by Gasteiger charge is 2.26. The van der Waals surface area contributed by atoms with Crippen LogP contribution >= 0.6 is 11.6 Å². The van der Waals surface area contributed by atoms with E-state index in [1.54, 1.807) is 0 Å². The molecule has 0 aromatic heterocycles. The molecule has 0 aliphatic carbocycles. The second-order valence-electron chi connectivity index (χ2n) is 5.64. The molecule has 20 heavy (non-hydrogen) atoms. The first-order valence-electron chi connectivity index (χ1n) is 7.55. The van der Waals surface area contributed by atoms with Gasteiger partial charge in [-0.2, -0.15) is 0 Å². The van der Waals surface area contributed by atoms with Gasteiger partial charge in [-0.3, -0.25) is 4.90 Å². The van der Waals surface area contributed by atoms with Gasteiger partial charge in [0.25, 0.3) is 0 Å². The number of rotatable bonds is 5. The minimum Gasteiger partial charge on any atom is -0.329 e. The predicted octanol–water partition coefficient (Wildman–Crippen LogP) is 2.76. The van der Waals surface area contributed by atoms with Crippen molar-refractivity contribution in [3.05, 3.63) is 34.9 Å². The summed E-state index contributed by atoms with van der Waals surface area (Å²) in [6.07, 6.45) is 2.45. The Morgan fingerprint density at radius 1 is 1.40 bits per heavy atom. The van der Waals surface area contributed by atoms with E-state index in [0.717, 1.165) is 11.6 Å². The van der Waals surface area contributed by atoms with Crippen LogP contribution in [0.15, 0.2) is 24.3 Å². The van der Waals surface area contributed by atoms with E-state index in [0.29, 0.717) is 12.6 Å². The monoisotopic (exact) mass is 295 g/mol. The number of nitrogens with two attached hydrogens (primary N) is 1. The predicted molar refractivity (Wildman–Crippen MR) is 86.1 cm³/mol. The van der Waals surface area contributed by atoms with E-state index < -0.39 is 0 Å². The molecule has 0 spiro atoms. The Labute approximate surface area is 127 Å². The highest BCUT2D eigenvalue weighted by Crippen LogP contribution is 2.26. The molecule has 1 saturated heterocycles. The third-order valence-electron chi connectivity index (χ3n) is 4.53. The number of likely N-dealkylation sites (N-methyl/N-ethyl adjacent to an activating group) is 1. The van der Waals surface area contributed by atoms with Crippen LogP contribution < -0.4 is 5.73 Å². The first kappa shape index (κ1) is 15.8. The molecule has 0 saturated carbocycles. The Morgan fingerprint density at radius 3 is 2.65 bits per heavy atom. The minimum absolute atomic E-state index is 0.256. The summed E-state index contributed by atoms with van der Waals surface area (Å²) < 4.78 is 0. The molecule has 4 heteroatoms. The van der Waals surface area contributed by atoms with Crippen LogP contribution in [0.25, 0.3) is 0 Å². The summed E-state index contributed by atoms with van der Waals surface area (Å²) in [5.74, 6) is 0. The maximum absolute atomic E-state index is 6.11. The van der Waals surface area contributed by atoms with Gasteiger partial charge in [0.1, 0.15) is 0 Å². The Hall–Kier alpha value is -0.610. The van der Waals surface area contributed by atoms with E-state index in [1.807, 2.05) is 18.2 Å². The molecule has 1 aromatic rings. The van der Waals surface area contributed by atoms with Gasteiger partial charge in [0, 0.05) is 23.7 Å². The number of nitrogens with zero attached hydrogens (tertiary/aromatic N) is 2. The summed E-state index contributed by atoms with van der Waals surface area (Å²) in [7, 11) is 2.20. The van der Waals surface area contributed by atoms with Crippen LogP contribution in [-0.4, -0.2) is 49.1 Å². The molecule has 0 bridgehead atoms. The van der Waals surface area contributed by atoms with Gasteiger partial charge in [-0.1, -0.05) is 30.7 Å². The molecular weight excluding hydrogens is 270 g/mol. The summed E-state index contributed by atoms with van der Waals surface area (Å²) >= 11 is 6.11. The number of hydrogen-bond acceptors (Lipinski definition) is 3.